The lowest BCUT2D eigenvalue weighted by molar-refractivity contribution is -0.136. The lowest BCUT2D eigenvalue weighted by Crippen LogP contribution is -2.48. The summed E-state index contributed by atoms with van der Waals surface area (Å²) in [5.74, 6) is 0.978. The number of likely N-dealkylation sites (N-methyl/N-ethyl adjacent to an activating group) is 1. The summed E-state index contributed by atoms with van der Waals surface area (Å²) in [6.45, 7) is 3.31. The number of ether oxygens (including phenoxy) is 2. The van der Waals surface area contributed by atoms with Crippen molar-refractivity contribution >= 4 is 27.3 Å². The quantitative estimate of drug-likeness (QED) is 0.700. The highest BCUT2D eigenvalue weighted by Crippen LogP contribution is 2.32. The van der Waals surface area contributed by atoms with E-state index in [0.29, 0.717) is 48.2 Å². The van der Waals surface area contributed by atoms with E-state index < -0.39 is 10.0 Å². The summed E-state index contributed by atoms with van der Waals surface area (Å²) in [7, 11) is -1.82. The molecule has 1 amide bonds. The predicted octanol–water partition coefficient (Wildman–Crippen LogP) is 2.76. The van der Waals surface area contributed by atoms with Gasteiger partial charge in [0.2, 0.25) is 5.91 Å². The molecule has 7 nitrogen and oxygen atoms in total. The van der Waals surface area contributed by atoms with Gasteiger partial charge >= 0.3 is 0 Å². The zero-order valence-corrected chi connectivity index (χ0v) is 18.7. The van der Waals surface area contributed by atoms with Crippen LogP contribution < -0.4 is 9.47 Å². The van der Waals surface area contributed by atoms with E-state index in [9.17, 15) is 13.2 Å². The maximum Gasteiger partial charge on any atom is 0.252 e. The molecule has 0 spiro atoms. The molecule has 2 atom stereocenters. The van der Waals surface area contributed by atoms with Crippen molar-refractivity contribution < 1.29 is 22.7 Å². The fourth-order valence-corrected chi connectivity index (χ4v) is 6.86. The zero-order valence-electron chi connectivity index (χ0n) is 17.1. The Hall–Kier alpha value is -2.10. The second kappa shape index (κ2) is 8.56. The third kappa shape index (κ3) is 4.33. The maximum absolute atomic E-state index is 13.0. The lowest BCUT2D eigenvalue weighted by Gasteiger charge is -2.34. The van der Waals surface area contributed by atoms with Gasteiger partial charge in [-0.2, -0.15) is 4.31 Å². The van der Waals surface area contributed by atoms with E-state index in [1.807, 2.05) is 37.3 Å². The highest BCUT2D eigenvalue weighted by molar-refractivity contribution is 7.91. The van der Waals surface area contributed by atoms with Gasteiger partial charge in [0.1, 0.15) is 10.8 Å². The third-order valence-corrected chi connectivity index (χ3v) is 8.80. The van der Waals surface area contributed by atoms with E-state index in [4.69, 9.17) is 9.47 Å². The number of carbonyl (C=O) groups excluding carboxylic acids is 1. The molecule has 162 valence electrons. The van der Waals surface area contributed by atoms with E-state index in [-0.39, 0.29) is 24.5 Å². The van der Waals surface area contributed by atoms with Gasteiger partial charge in [-0.25, -0.2) is 8.42 Å². The van der Waals surface area contributed by atoms with Crippen molar-refractivity contribution in [1.82, 2.24) is 9.21 Å². The van der Waals surface area contributed by atoms with Crippen LogP contribution in [-0.2, 0) is 14.8 Å². The molecule has 0 saturated carbocycles. The second-order valence-electron chi connectivity index (χ2n) is 7.78. The maximum atomic E-state index is 13.0. The minimum absolute atomic E-state index is 0.0558. The summed E-state index contributed by atoms with van der Waals surface area (Å²) < 4.78 is 39.4. The number of thiophene rings is 1. The minimum Gasteiger partial charge on any atom is -0.486 e. The summed E-state index contributed by atoms with van der Waals surface area (Å²) in [5, 5.41) is 0. The summed E-state index contributed by atoms with van der Waals surface area (Å²) >= 11 is 1.27. The Balaban J connectivity index is 1.38. The van der Waals surface area contributed by atoms with E-state index in [1.165, 1.54) is 15.6 Å². The molecule has 0 N–H and O–H groups in total. The van der Waals surface area contributed by atoms with Crippen molar-refractivity contribution in [3.05, 3.63) is 41.3 Å². The Bertz CT molecular complexity index is 1020. The Morgan fingerprint density at radius 1 is 1.23 bits per heavy atom. The first-order chi connectivity index (χ1) is 14.3. The lowest BCUT2D eigenvalue weighted by atomic mass is 9.98. The van der Waals surface area contributed by atoms with Crippen LogP contribution in [0.15, 0.2) is 40.6 Å². The van der Waals surface area contributed by atoms with E-state index in [0.717, 1.165) is 4.88 Å². The topological polar surface area (TPSA) is 76.2 Å². The molecule has 1 fully saturated rings. The van der Waals surface area contributed by atoms with Gasteiger partial charge in [-0.15, -0.1) is 11.3 Å². The first-order valence-electron chi connectivity index (χ1n) is 10.0. The molecule has 1 aromatic heterocycles. The molecule has 2 aliphatic rings. The van der Waals surface area contributed by atoms with Crippen LogP contribution in [-0.4, -0.2) is 62.9 Å². The van der Waals surface area contributed by atoms with Crippen molar-refractivity contribution in [2.24, 2.45) is 5.92 Å². The molecule has 2 aromatic rings. The fourth-order valence-electron chi connectivity index (χ4n) is 3.90. The van der Waals surface area contributed by atoms with Gasteiger partial charge in [0, 0.05) is 25.0 Å². The highest BCUT2D eigenvalue weighted by atomic mass is 32.2. The number of fused-ring (bicyclic) bond motifs is 1. The Morgan fingerprint density at radius 2 is 2.00 bits per heavy atom. The zero-order chi connectivity index (χ0) is 21.3. The monoisotopic (exact) mass is 450 g/mol. The van der Waals surface area contributed by atoms with Crippen LogP contribution in [0.2, 0.25) is 0 Å². The van der Waals surface area contributed by atoms with E-state index in [2.05, 4.69) is 0 Å². The molecule has 9 heteroatoms. The van der Waals surface area contributed by atoms with Crippen LogP contribution in [0.1, 0.15) is 17.7 Å². The van der Waals surface area contributed by atoms with Crippen LogP contribution in [0.25, 0.3) is 0 Å². The van der Waals surface area contributed by atoms with Crippen LogP contribution >= 0.6 is 11.3 Å². The Labute approximate surface area is 181 Å². The number of piperidine rings is 1. The number of benzene rings is 1. The average molecular weight is 451 g/mol. The summed E-state index contributed by atoms with van der Waals surface area (Å²) in [6.07, 6.45) is 1.10. The summed E-state index contributed by atoms with van der Waals surface area (Å²) in [4.78, 5) is 15.6. The highest BCUT2D eigenvalue weighted by Gasteiger charge is 2.35. The summed E-state index contributed by atoms with van der Waals surface area (Å²) in [5.41, 5.74) is 0. The van der Waals surface area contributed by atoms with Gasteiger partial charge in [0.15, 0.2) is 17.6 Å². The van der Waals surface area contributed by atoms with Crippen molar-refractivity contribution in [3.8, 4) is 11.5 Å². The van der Waals surface area contributed by atoms with Crippen molar-refractivity contribution in [3.63, 3.8) is 0 Å². The fraction of sp³-hybridized carbons (Fsp3) is 0.476. The molecule has 0 aliphatic carbocycles. The number of nitrogens with zero attached hydrogens (tertiary/aromatic N) is 2. The number of hydrogen-bond acceptors (Lipinski definition) is 6. The van der Waals surface area contributed by atoms with E-state index in [1.54, 1.807) is 18.0 Å². The number of carbonyl (C=O) groups is 1. The van der Waals surface area contributed by atoms with Gasteiger partial charge < -0.3 is 14.4 Å². The standard InChI is InChI=1S/C21H26N2O5S2/c1-15-9-10-20(29-15)30(25,26)23-11-5-6-16(12-23)21(24)22(2)13-17-14-27-18-7-3-4-8-19(18)28-17/h3-4,7-10,16-17H,5-6,11-14H2,1-2H3/t16-,17-/m0/s1. The molecule has 3 heterocycles. The van der Waals surface area contributed by atoms with Gasteiger partial charge in [-0.05, 0) is 44.0 Å². The molecule has 4 rings (SSSR count). The number of para-hydroxylation sites is 2. The third-order valence-electron chi connectivity index (χ3n) is 5.46. The van der Waals surface area contributed by atoms with E-state index >= 15 is 0 Å². The first-order valence-corrected chi connectivity index (χ1v) is 12.3. The molecule has 30 heavy (non-hydrogen) atoms. The molecular weight excluding hydrogens is 424 g/mol. The Morgan fingerprint density at radius 3 is 2.73 bits per heavy atom. The van der Waals surface area contributed by atoms with Crippen molar-refractivity contribution in [2.75, 3.05) is 33.3 Å². The minimum atomic E-state index is -3.56. The molecule has 1 aromatic carbocycles. The molecular formula is C21H26N2O5S2. The largest absolute Gasteiger partial charge is 0.486 e. The molecule has 0 unspecified atom stereocenters. The normalized spacial score (nSPS) is 21.9. The smallest absolute Gasteiger partial charge is 0.252 e. The first kappa shape index (κ1) is 21.1. The Kier molecular flexibility index (Phi) is 6.04. The SMILES string of the molecule is Cc1ccc(S(=O)(=O)N2CCC[C@H](C(=O)N(C)C[C@H]3COc4ccccc4O3)C2)s1. The molecule has 0 radical (unpaired) electrons. The number of aryl methyl sites for hydroxylation is 1. The van der Waals surface area contributed by atoms with Crippen LogP contribution in [0.4, 0.5) is 0 Å². The molecule has 1 saturated heterocycles. The number of rotatable bonds is 5. The van der Waals surface area contributed by atoms with Crippen molar-refractivity contribution in [2.45, 2.75) is 30.1 Å². The second-order valence-corrected chi connectivity index (χ2v) is 11.2. The van der Waals surface area contributed by atoms with Crippen LogP contribution in [0, 0.1) is 12.8 Å². The van der Waals surface area contributed by atoms with Gasteiger partial charge in [0.05, 0.1) is 12.5 Å². The molecule has 2 aliphatic heterocycles. The molecule has 0 bridgehead atoms. The number of sulfonamides is 1. The van der Waals surface area contributed by atoms with Gasteiger partial charge in [-0.1, -0.05) is 12.1 Å². The van der Waals surface area contributed by atoms with Crippen LogP contribution in [0.3, 0.4) is 0 Å². The predicted molar refractivity (Wildman–Crippen MR) is 115 cm³/mol. The average Bonchev–Trinajstić information content (AvgIpc) is 3.20. The van der Waals surface area contributed by atoms with Crippen molar-refractivity contribution in [1.29, 1.82) is 0 Å². The van der Waals surface area contributed by atoms with Gasteiger partial charge in [0.25, 0.3) is 10.0 Å². The number of amides is 1. The number of hydrogen-bond donors (Lipinski definition) is 0. The van der Waals surface area contributed by atoms with Crippen LogP contribution in [0.5, 0.6) is 11.5 Å². The summed E-state index contributed by atoms with van der Waals surface area (Å²) in [6, 6.07) is 10.9. The van der Waals surface area contributed by atoms with Gasteiger partial charge in [-0.3, -0.25) is 4.79 Å².